The Hall–Kier alpha value is -2.86. The molecule has 6 heteroatoms. The van der Waals surface area contributed by atoms with Gasteiger partial charge in [-0.25, -0.2) is 0 Å². The number of piperidine rings is 1. The molecule has 0 saturated carbocycles. The fourth-order valence-electron chi connectivity index (χ4n) is 3.27. The van der Waals surface area contributed by atoms with Crippen molar-refractivity contribution in [2.24, 2.45) is 5.92 Å². The van der Waals surface area contributed by atoms with Crippen LogP contribution in [0.15, 0.2) is 54.6 Å². The van der Waals surface area contributed by atoms with Crippen LogP contribution in [0.1, 0.15) is 18.4 Å². The van der Waals surface area contributed by atoms with Crippen LogP contribution in [0, 0.1) is 5.92 Å². The lowest BCUT2D eigenvalue weighted by Crippen LogP contribution is -2.42. The molecule has 3 rings (SSSR count). The molecule has 2 amide bonds. The maximum atomic E-state index is 12.4. The highest BCUT2D eigenvalue weighted by atomic mass is 16.5. The van der Waals surface area contributed by atoms with Crippen LogP contribution in [0.25, 0.3) is 0 Å². The number of nitrogens with one attached hydrogen (secondary N) is 1. The van der Waals surface area contributed by atoms with Crippen molar-refractivity contribution >= 4 is 17.5 Å². The van der Waals surface area contributed by atoms with E-state index in [9.17, 15) is 9.59 Å². The van der Waals surface area contributed by atoms with Crippen molar-refractivity contribution in [1.29, 1.82) is 0 Å². The molecule has 0 bridgehead atoms. The highest BCUT2D eigenvalue weighted by Crippen LogP contribution is 2.20. The van der Waals surface area contributed by atoms with Crippen LogP contribution in [0.5, 0.6) is 5.75 Å². The molecule has 2 aromatic carbocycles. The Labute approximate surface area is 165 Å². The molecule has 0 spiro atoms. The molecular weight excluding hydrogens is 356 g/mol. The van der Waals surface area contributed by atoms with Crippen molar-refractivity contribution < 1.29 is 19.1 Å². The molecular formula is C22H26N2O4. The van der Waals surface area contributed by atoms with Crippen LogP contribution in [0.2, 0.25) is 0 Å². The van der Waals surface area contributed by atoms with Gasteiger partial charge < -0.3 is 19.7 Å². The van der Waals surface area contributed by atoms with Crippen molar-refractivity contribution in [2.75, 3.05) is 32.1 Å². The van der Waals surface area contributed by atoms with Crippen LogP contribution in [0.4, 0.5) is 5.69 Å². The number of carbonyl (C=O) groups is 2. The minimum Gasteiger partial charge on any atom is -0.497 e. The summed E-state index contributed by atoms with van der Waals surface area (Å²) in [5, 5.41) is 2.94. The Kier molecular flexibility index (Phi) is 7.03. The van der Waals surface area contributed by atoms with E-state index in [1.54, 1.807) is 12.0 Å². The molecule has 1 saturated heterocycles. The zero-order valence-electron chi connectivity index (χ0n) is 16.1. The summed E-state index contributed by atoms with van der Waals surface area (Å²) < 4.78 is 10.7. The fourth-order valence-corrected chi connectivity index (χ4v) is 3.27. The van der Waals surface area contributed by atoms with Crippen LogP contribution in [-0.2, 0) is 20.9 Å². The van der Waals surface area contributed by atoms with Crippen LogP contribution in [0.3, 0.4) is 0 Å². The number of amides is 2. The molecule has 0 aliphatic carbocycles. The van der Waals surface area contributed by atoms with Crippen LogP contribution >= 0.6 is 0 Å². The third-order valence-electron chi connectivity index (χ3n) is 4.89. The highest BCUT2D eigenvalue weighted by Gasteiger charge is 2.27. The van der Waals surface area contributed by atoms with Gasteiger partial charge in [0, 0.05) is 24.7 Å². The summed E-state index contributed by atoms with van der Waals surface area (Å²) in [5.74, 6) is 0.683. The van der Waals surface area contributed by atoms with Crippen molar-refractivity contribution in [3.05, 3.63) is 60.2 Å². The fraction of sp³-hybridized carbons (Fsp3) is 0.364. The first-order valence-corrected chi connectivity index (χ1v) is 9.50. The number of methoxy groups -OCH3 is 1. The third-order valence-corrected chi connectivity index (χ3v) is 4.89. The summed E-state index contributed by atoms with van der Waals surface area (Å²) in [4.78, 5) is 26.5. The first-order chi connectivity index (χ1) is 13.7. The molecule has 0 unspecified atom stereocenters. The van der Waals surface area contributed by atoms with Gasteiger partial charge in [-0.3, -0.25) is 9.59 Å². The number of nitrogens with zero attached hydrogens (tertiary/aromatic N) is 1. The zero-order chi connectivity index (χ0) is 19.8. The van der Waals surface area contributed by atoms with Gasteiger partial charge in [0.25, 0.3) is 0 Å². The number of hydrogen-bond acceptors (Lipinski definition) is 4. The predicted octanol–water partition coefficient (Wildman–Crippen LogP) is 3.09. The van der Waals surface area contributed by atoms with Gasteiger partial charge in [0.15, 0.2) is 0 Å². The number of para-hydroxylation sites is 1. The number of ether oxygens (including phenoxy) is 2. The number of carbonyl (C=O) groups excluding carboxylic acids is 2. The van der Waals surface area contributed by atoms with Crippen molar-refractivity contribution in [1.82, 2.24) is 4.90 Å². The first-order valence-electron chi connectivity index (χ1n) is 9.50. The van der Waals surface area contributed by atoms with Gasteiger partial charge in [-0.1, -0.05) is 30.3 Å². The molecule has 2 aromatic rings. The molecule has 1 heterocycles. The Morgan fingerprint density at radius 1 is 1.07 bits per heavy atom. The summed E-state index contributed by atoms with van der Waals surface area (Å²) in [6, 6.07) is 17.0. The molecule has 148 valence electrons. The maximum Gasteiger partial charge on any atom is 0.248 e. The lowest BCUT2D eigenvalue weighted by atomic mass is 9.95. The van der Waals surface area contributed by atoms with Crippen LogP contribution < -0.4 is 10.1 Å². The van der Waals surface area contributed by atoms with E-state index in [-0.39, 0.29) is 24.3 Å². The Bertz CT molecular complexity index is 786. The summed E-state index contributed by atoms with van der Waals surface area (Å²) >= 11 is 0. The number of anilines is 1. The smallest absolute Gasteiger partial charge is 0.248 e. The minimum absolute atomic E-state index is 0.0209. The third kappa shape index (κ3) is 5.57. The number of benzene rings is 2. The molecule has 1 aliphatic heterocycles. The van der Waals surface area contributed by atoms with Crippen molar-refractivity contribution in [3.8, 4) is 5.75 Å². The summed E-state index contributed by atoms with van der Waals surface area (Å²) in [5.41, 5.74) is 1.76. The molecule has 1 N–H and O–H groups in total. The molecule has 28 heavy (non-hydrogen) atoms. The van der Waals surface area contributed by atoms with E-state index in [2.05, 4.69) is 5.32 Å². The molecule has 1 fully saturated rings. The summed E-state index contributed by atoms with van der Waals surface area (Å²) in [6.45, 7) is 1.55. The maximum absolute atomic E-state index is 12.4. The average molecular weight is 382 g/mol. The van der Waals surface area contributed by atoms with Crippen molar-refractivity contribution in [3.63, 3.8) is 0 Å². The second-order valence-electron chi connectivity index (χ2n) is 6.85. The Morgan fingerprint density at radius 2 is 1.82 bits per heavy atom. The largest absolute Gasteiger partial charge is 0.497 e. The van der Waals surface area contributed by atoms with Crippen LogP contribution in [-0.4, -0.2) is 43.5 Å². The molecule has 0 aromatic heterocycles. The minimum atomic E-state index is -0.0676. The van der Waals surface area contributed by atoms with Gasteiger partial charge in [0.05, 0.1) is 13.7 Å². The zero-order valence-corrected chi connectivity index (χ0v) is 16.1. The average Bonchev–Trinajstić information content (AvgIpc) is 2.74. The topological polar surface area (TPSA) is 67.9 Å². The van der Waals surface area contributed by atoms with E-state index in [0.29, 0.717) is 32.5 Å². The van der Waals surface area contributed by atoms with Gasteiger partial charge in [-0.15, -0.1) is 0 Å². The second kappa shape index (κ2) is 9.90. The van der Waals surface area contributed by atoms with E-state index >= 15 is 0 Å². The number of rotatable bonds is 7. The molecule has 1 aliphatic rings. The monoisotopic (exact) mass is 382 g/mol. The van der Waals surface area contributed by atoms with E-state index in [1.807, 2.05) is 54.6 Å². The molecule has 6 nitrogen and oxygen atoms in total. The van der Waals surface area contributed by atoms with Gasteiger partial charge >= 0.3 is 0 Å². The van der Waals surface area contributed by atoms with Gasteiger partial charge in [0.1, 0.15) is 12.4 Å². The van der Waals surface area contributed by atoms with Crippen molar-refractivity contribution in [2.45, 2.75) is 19.4 Å². The summed E-state index contributed by atoms with van der Waals surface area (Å²) in [6.07, 6.45) is 1.33. The van der Waals surface area contributed by atoms with Gasteiger partial charge in [0.2, 0.25) is 11.8 Å². The lowest BCUT2D eigenvalue weighted by Gasteiger charge is -2.31. The highest BCUT2D eigenvalue weighted by molar-refractivity contribution is 5.92. The van der Waals surface area contributed by atoms with E-state index in [0.717, 1.165) is 17.0 Å². The Balaban J connectivity index is 1.39. The summed E-state index contributed by atoms with van der Waals surface area (Å²) in [7, 11) is 1.62. The first kappa shape index (κ1) is 19.9. The van der Waals surface area contributed by atoms with Gasteiger partial charge in [-0.05, 0) is 42.7 Å². The number of hydrogen-bond donors (Lipinski definition) is 1. The number of likely N-dealkylation sites (tertiary alicyclic amines) is 1. The predicted molar refractivity (Wildman–Crippen MR) is 107 cm³/mol. The molecule has 0 atom stereocenters. The normalized spacial score (nSPS) is 14.5. The van der Waals surface area contributed by atoms with E-state index < -0.39 is 0 Å². The molecule has 0 radical (unpaired) electrons. The SMILES string of the molecule is COc1cccc(COCC(=O)N2CCC(C(=O)Nc3ccccc3)CC2)c1. The Morgan fingerprint density at radius 3 is 2.54 bits per heavy atom. The van der Waals surface area contributed by atoms with Gasteiger partial charge in [-0.2, -0.15) is 0 Å². The standard InChI is InChI=1S/C22H26N2O4/c1-27-20-9-5-6-17(14-20)15-28-16-21(25)24-12-10-18(11-13-24)22(26)23-19-7-3-2-4-8-19/h2-9,14,18H,10-13,15-16H2,1H3,(H,23,26). The lowest BCUT2D eigenvalue weighted by molar-refractivity contribution is -0.139. The quantitative estimate of drug-likeness (QED) is 0.799. The second-order valence-corrected chi connectivity index (χ2v) is 6.85. The van der Waals surface area contributed by atoms with E-state index in [4.69, 9.17) is 9.47 Å². The van der Waals surface area contributed by atoms with E-state index in [1.165, 1.54) is 0 Å².